The van der Waals surface area contributed by atoms with E-state index in [4.69, 9.17) is 0 Å². The Bertz CT molecular complexity index is 782. The summed E-state index contributed by atoms with van der Waals surface area (Å²) in [5, 5.41) is 0. The molecule has 0 saturated heterocycles. The van der Waals surface area contributed by atoms with Gasteiger partial charge in [0.2, 0.25) is 5.91 Å². The minimum Gasteiger partial charge on any atom is -0.311 e. The molecule has 2 aliphatic heterocycles. The summed E-state index contributed by atoms with van der Waals surface area (Å²) in [5.41, 5.74) is 5.11. The number of carbonyl (C=O) groups excluding carboxylic acids is 1. The molecule has 0 spiro atoms. The Kier molecular flexibility index (Phi) is 4.66. The average Bonchev–Trinajstić information content (AvgIpc) is 2.69. The van der Waals surface area contributed by atoms with E-state index in [-0.39, 0.29) is 5.91 Å². The van der Waals surface area contributed by atoms with Crippen LogP contribution in [0.2, 0.25) is 0 Å². The number of rotatable bonds is 3. The van der Waals surface area contributed by atoms with Crippen LogP contribution in [-0.4, -0.2) is 37.0 Å². The van der Waals surface area contributed by atoms with Gasteiger partial charge in [-0.05, 0) is 42.0 Å². The zero-order chi connectivity index (χ0) is 17.1. The van der Waals surface area contributed by atoms with Crippen molar-refractivity contribution in [3.63, 3.8) is 0 Å². The summed E-state index contributed by atoms with van der Waals surface area (Å²) in [6.07, 6.45) is 5.41. The molecule has 1 amide bonds. The summed E-state index contributed by atoms with van der Waals surface area (Å²) in [6, 6.07) is 18.9. The number of hydrogen-bond acceptors (Lipinski definition) is 2. The van der Waals surface area contributed by atoms with Gasteiger partial charge in [0.25, 0.3) is 0 Å². The van der Waals surface area contributed by atoms with E-state index in [0.717, 1.165) is 44.6 Å². The standard InChI is InChI=1S/C22H24N2O/c25-22(24-14-6-10-20-9-4-5-11-21(20)24)17-23-15-12-19(13-16-23)18-7-2-1-3-8-18/h1-5,7-9,11-12H,6,10,13-17H2. The van der Waals surface area contributed by atoms with E-state index in [1.807, 2.05) is 17.0 Å². The van der Waals surface area contributed by atoms with E-state index in [1.165, 1.54) is 16.7 Å². The first-order chi connectivity index (χ1) is 12.3. The molecule has 4 rings (SSSR count). The van der Waals surface area contributed by atoms with Crippen molar-refractivity contribution in [2.24, 2.45) is 0 Å². The minimum absolute atomic E-state index is 0.226. The van der Waals surface area contributed by atoms with Crippen molar-refractivity contribution >= 4 is 17.2 Å². The number of aryl methyl sites for hydroxylation is 1. The van der Waals surface area contributed by atoms with E-state index in [9.17, 15) is 4.79 Å². The van der Waals surface area contributed by atoms with Crippen LogP contribution in [-0.2, 0) is 11.2 Å². The molecule has 0 N–H and O–H groups in total. The predicted octanol–water partition coefficient (Wildman–Crippen LogP) is 3.76. The largest absolute Gasteiger partial charge is 0.311 e. The summed E-state index contributed by atoms with van der Waals surface area (Å²) in [7, 11) is 0. The smallest absolute Gasteiger partial charge is 0.241 e. The van der Waals surface area contributed by atoms with Crippen molar-refractivity contribution in [1.29, 1.82) is 0 Å². The van der Waals surface area contributed by atoms with E-state index >= 15 is 0 Å². The minimum atomic E-state index is 0.226. The molecule has 0 aliphatic carbocycles. The van der Waals surface area contributed by atoms with Crippen molar-refractivity contribution in [2.75, 3.05) is 31.1 Å². The lowest BCUT2D eigenvalue weighted by atomic mass is 9.99. The number of benzene rings is 2. The normalized spacial score (nSPS) is 17.8. The molecule has 0 saturated carbocycles. The highest BCUT2D eigenvalue weighted by molar-refractivity contribution is 5.96. The molecule has 2 aromatic carbocycles. The zero-order valence-corrected chi connectivity index (χ0v) is 14.5. The highest BCUT2D eigenvalue weighted by atomic mass is 16.2. The van der Waals surface area contributed by atoms with Gasteiger partial charge in [-0.15, -0.1) is 0 Å². The van der Waals surface area contributed by atoms with Crippen molar-refractivity contribution in [3.8, 4) is 0 Å². The lowest BCUT2D eigenvalue weighted by molar-refractivity contribution is -0.119. The third-order valence-corrected chi connectivity index (χ3v) is 5.21. The molecule has 0 aromatic heterocycles. The number of amides is 1. The molecule has 0 bridgehead atoms. The molecule has 0 radical (unpaired) electrons. The first-order valence-electron chi connectivity index (χ1n) is 9.16. The monoisotopic (exact) mass is 332 g/mol. The molecule has 2 aromatic rings. The molecule has 3 heteroatoms. The number of fused-ring (bicyclic) bond motifs is 1. The second kappa shape index (κ2) is 7.24. The summed E-state index contributed by atoms with van der Waals surface area (Å²) < 4.78 is 0. The fourth-order valence-corrected chi connectivity index (χ4v) is 3.84. The maximum atomic E-state index is 12.8. The first kappa shape index (κ1) is 16.1. The van der Waals surface area contributed by atoms with E-state index in [2.05, 4.69) is 53.4 Å². The maximum absolute atomic E-state index is 12.8. The number of carbonyl (C=O) groups is 1. The van der Waals surface area contributed by atoms with Gasteiger partial charge in [0.15, 0.2) is 0 Å². The first-order valence-corrected chi connectivity index (χ1v) is 9.16. The van der Waals surface area contributed by atoms with Crippen molar-refractivity contribution in [1.82, 2.24) is 4.90 Å². The number of anilines is 1. The van der Waals surface area contributed by atoms with Crippen LogP contribution in [0.4, 0.5) is 5.69 Å². The SMILES string of the molecule is O=C(CN1CC=C(c2ccccc2)CC1)N1CCCc2ccccc21. The number of para-hydroxylation sites is 1. The summed E-state index contributed by atoms with van der Waals surface area (Å²) in [6.45, 7) is 3.15. The molecule has 2 aliphatic rings. The highest BCUT2D eigenvalue weighted by Gasteiger charge is 2.24. The zero-order valence-electron chi connectivity index (χ0n) is 14.5. The molecule has 2 heterocycles. The molecule has 0 atom stereocenters. The Labute approximate surface area is 149 Å². The van der Waals surface area contributed by atoms with Crippen LogP contribution in [0, 0.1) is 0 Å². The number of nitrogens with zero attached hydrogens (tertiary/aromatic N) is 2. The van der Waals surface area contributed by atoms with Gasteiger partial charge in [0.1, 0.15) is 0 Å². The summed E-state index contributed by atoms with van der Waals surface area (Å²) in [4.78, 5) is 17.1. The van der Waals surface area contributed by atoms with Crippen LogP contribution in [0.1, 0.15) is 24.0 Å². The Morgan fingerprint density at radius 3 is 2.52 bits per heavy atom. The van der Waals surface area contributed by atoms with Crippen LogP contribution in [0.5, 0.6) is 0 Å². The van der Waals surface area contributed by atoms with Gasteiger partial charge in [-0.2, -0.15) is 0 Å². The van der Waals surface area contributed by atoms with Gasteiger partial charge in [0.05, 0.1) is 6.54 Å². The van der Waals surface area contributed by atoms with Crippen LogP contribution in [0.15, 0.2) is 60.7 Å². The average molecular weight is 332 g/mol. The summed E-state index contributed by atoms with van der Waals surface area (Å²) in [5.74, 6) is 0.226. The van der Waals surface area contributed by atoms with Crippen molar-refractivity contribution in [2.45, 2.75) is 19.3 Å². The van der Waals surface area contributed by atoms with E-state index in [1.54, 1.807) is 0 Å². The highest BCUT2D eigenvalue weighted by Crippen LogP contribution is 2.27. The second-order valence-electron chi connectivity index (χ2n) is 6.86. The Hall–Kier alpha value is -2.39. The van der Waals surface area contributed by atoms with Gasteiger partial charge in [-0.1, -0.05) is 54.6 Å². The maximum Gasteiger partial charge on any atom is 0.241 e. The van der Waals surface area contributed by atoms with Gasteiger partial charge >= 0.3 is 0 Å². The Balaban J connectivity index is 1.41. The quantitative estimate of drug-likeness (QED) is 0.854. The van der Waals surface area contributed by atoms with Gasteiger partial charge in [0, 0.05) is 25.3 Å². The molecule has 0 unspecified atom stereocenters. The Morgan fingerprint density at radius 1 is 0.920 bits per heavy atom. The lowest BCUT2D eigenvalue weighted by Crippen LogP contribution is -2.43. The molecule has 3 nitrogen and oxygen atoms in total. The molecule has 25 heavy (non-hydrogen) atoms. The third-order valence-electron chi connectivity index (χ3n) is 5.21. The van der Waals surface area contributed by atoms with Crippen LogP contribution in [0.25, 0.3) is 5.57 Å². The fraction of sp³-hybridized carbons (Fsp3) is 0.318. The molecular formula is C22H24N2O. The second-order valence-corrected chi connectivity index (χ2v) is 6.86. The van der Waals surface area contributed by atoms with Crippen molar-refractivity contribution in [3.05, 3.63) is 71.8 Å². The summed E-state index contributed by atoms with van der Waals surface area (Å²) >= 11 is 0. The van der Waals surface area contributed by atoms with Gasteiger partial charge in [-0.25, -0.2) is 0 Å². The topological polar surface area (TPSA) is 23.6 Å². The van der Waals surface area contributed by atoms with Crippen LogP contribution < -0.4 is 4.90 Å². The van der Waals surface area contributed by atoms with Gasteiger partial charge < -0.3 is 4.90 Å². The fourth-order valence-electron chi connectivity index (χ4n) is 3.84. The number of hydrogen-bond donors (Lipinski definition) is 0. The van der Waals surface area contributed by atoms with E-state index < -0.39 is 0 Å². The Morgan fingerprint density at radius 2 is 1.72 bits per heavy atom. The van der Waals surface area contributed by atoms with Gasteiger partial charge in [-0.3, -0.25) is 9.69 Å². The molecule has 128 valence electrons. The predicted molar refractivity (Wildman–Crippen MR) is 103 cm³/mol. The molecule has 0 fully saturated rings. The van der Waals surface area contributed by atoms with Crippen LogP contribution >= 0.6 is 0 Å². The lowest BCUT2D eigenvalue weighted by Gasteiger charge is -2.32. The third kappa shape index (κ3) is 3.52. The van der Waals surface area contributed by atoms with Crippen molar-refractivity contribution < 1.29 is 4.79 Å². The van der Waals surface area contributed by atoms with E-state index in [0.29, 0.717) is 6.54 Å². The molecular weight excluding hydrogens is 308 g/mol. The van der Waals surface area contributed by atoms with Crippen LogP contribution in [0.3, 0.4) is 0 Å².